The molecule has 0 aromatic carbocycles. The summed E-state index contributed by atoms with van der Waals surface area (Å²) >= 11 is 0. The number of carbonyl (C=O) groups is 1. The van der Waals surface area contributed by atoms with Gasteiger partial charge in [0.25, 0.3) is 0 Å². The molecule has 5 aliphatic carbocycles. The molecule has 0 amide bonds. The Bertz CT molecular complexity index is 704. The molecule has 0 heterocycles. The van der Waals surface area contributed by atoms with E-state index in [4.69, 9.17) is 9.47 Å². The molecule has 3 saturated carbocycles. The van der Waals surface area contributed by atoms with Gasteiger partial charge in [0.15, 0.2) is 5.78 Å². The van der Waals surface area contributed by atoms with Crippen LogP contribution in [0.3, 0.4) is 0 Å². The fraction of sp³-hybridized carbons (Fsp3) is 0.773. The van der Waals surface area contributed by atoms with Crippen LogP contribution >= 0.6 is 0 Å². The van der Waals surface area contributed by atoms with Crippen LogP contribution in [0.5, 0.6) is 0 Å². The third-order valence-electron chi connectivity index (χ3n) is 8.90. The van der Waals surface area contributed by atoms with Crippen molar-refractivity contribution in [1.29, 1.82) is 0 Å². The SMILES string of the molecule is COC[C@]1(OC)C[C@@H]2C[C@@]23[C@@H]2CCC4=CC(=O)CCC4=C2CC[C@]13C. The second-order valence-corrected chi connectivity index (χ2v) is 9.34. The molecule has 0 unspecified atom stereocenters. The van der Waals surface area contributed by atoms with Crippen molar-refractivity contribution >= 4 is 5.78 Å². The van der Waals surface area contributed by atoms with Gasteiger partial charge in [-0.1, -0.05) is 12.5 Å². The van der Waals surface area contributed by atoms with Crippen LogP contribution in [0, 0.1) is 22.7 Å². The first kappa shape index (κ1) is 16.3. The van der Waals surface area contributed by atoms with Gasteiger partial charge in [-0.05, 0) is 79.4 Å². The summed E-state index contributed by atoms with van der Waals surface area (Å²) in [6.45, 7) is 3.22. The van der Waals surface area contributed by atoms with Crippen LogP contribution in [0.1, 0.15) is 58.3 Å². The molecule has 25 heavy (non-hydrogen) atoms. The molecule has 5 rings (SSSR count). The Labute approximate surface area is 150 Å². The van der Waals surface area contributed by atoms with Crippen molar-refractivity contribution < 1.29 is 14.3 Å². The molecule has 0 N–H and O–H groups in total. The minimum absolute atomic E-state index is 0.112. The lowest BCUT2D eigenvalue weighted by Gasteiger charge is -2.55. The van der Waals surface area contributed by atoms with Crippen LogP contribution in [-0.2, 0) is 14.3 Å². The second-order valence-electron chi connectivity index (χ2n) is 9.34. The molecule has 5 aliphatic rings. The maximum atomic E-state index is 11.8. The Morgan fingerprint density at radius 3 is 2.76 bits per heavy atom. The first-order valence-corrected chi connectivity index (χ1v) is 10.0. The van der Waals surface area contributed by atoms with E-state index < -0.39 is 0 Å². The van der Waals surface area contributed by atoms with Crippen molar-refractivity contribution in [2.45, 2.75) is 63.9 Å². The number of fused-ring (bicyclic) bond motifs is 2. The largest absolute Gasteiger partial charge is 0.382 e. The second kappa shape index (κ2) is 5.07. The van der Waals surface area contributed by atoms with Gasteiger partial charge >= 0.3 is 0 Å². The Balaban J connectivity index is 1.59. The molecule has 3 fully saturated rings. The van der Waals surface area contributed by atoms with Gasteiger partial charge in [0, 0.05) is 26.1 Å². The summed E-state index contributed by atoms with van der Waals surface area (Å²) < 4.78 is 11.9. The molecule has 0 bridgehead atoms. The minimum atomic E-state index is -0.112. The molecule has 0 radical (unpaired) electrons. The summed E-state index contributed by atoms with van der Waals surface area (Å²) in [6, 6.07) is 0. The Morgan fingerprint density at radius 2 is 2.00 bits per heavy atom. The van der Waals surface area contributed by atoms with Gasteiger partial charge in [0.05, 0.1) is 12.2 Å². The van der Waals surface area contributed by atoms with Crippen LogP contribution < -0.4 is 0 Å². The maximum Gasteiger partial charge on any atom is 0.156 e. The van der Waals surface area contributed by atoms with Gasteiger partial charge in [0.1, 0.15) is 0 Å². The van der Waals surface area contributed by atoms with Crippen molar-refractivity contribution in [3.63, 3.8) is 0 Å². The van der Waals surface area contributed by atoms with E-state index in [-0.39, 0.29) is 11.0 Å². The molecular weight excluding hydrogens is 312 g/mol. The number of ketones is 1. The van der Waals surface area contributed by atoms with Crippen LogP contribution in [0.25, 0.3) is 0 Å². The van der Waals surface area contributed by atoms with E-state index in [9.17, 15) is 4.79 Å². The predicted octanol–water partition coefficient (Wildman–Crippen LogP) is 4.22. The van der Waals surface area contributed by atoms with Crippen molar-refractivity contribution in [2.24, 2.45) is 22.7 Å². The van der Waals surface area contributed by atoms with E-state index in [0.717, 1.165) is 31.8 Å². The molecular formula is C22H30O3. The summed E-state index contributed by atoms with van der Waals surface area (Å²) in [5.74, 6) is 1.84. The zero-order valence-electron chi connectivity index (χ0n) is 15.8. The van der Waals surface area contributed by atoms with E-state index in [1.165, 1.54) is 31.3 Å². The highest BCUT2D eigenvalue weighted by molar-refractivity contribution is 5.93. The molecule has 0 aromatic rings. The number of carbonyl (C=O) groups excluding carboxylic acids is 1. The van der Waals surface area contributed by atoms with Crippen molar-refractivity contribution in [3.05, 3.63) is 22.8 Å². The molecule has 0 aliphatic heterocycles. The van der Waals surface area contributed by atoms with Gasteiger partial charge in [-0.3, -0.25) is 4.79 Å². The van der Waals surface area contributed by atoms with E-state index in [1.54, 1.807) is 11.1 Å². The van der Waals surface area contributed by atoms with Crippen LogP contribution in [0.4, 0.5) is 0 Å². The van der Waals surface area contributed by atoms with Gasteiger partial charge in [-0.2, -0.15) is 0 Å². The number of methoxy groups -OCH3 is 2. The highest BCUT2D eigenvalue weighted by Gasteiger charge is 2.80. The van der Waals surface area contributed by atoms with E-state index in [1.807, 2.05) is 20.3 Å². The lowest BCUT2D eigenvalue weighted by Crippen LogP contribution is -2.56. The molecule has 0 aromatic heterocycles. The lowest BCUT2D eigenvalue weighted by atomic mass is 9.51. The Hall–Kier alpha value is -0.930. The minimum Gasteiger partial charge on any atom is -0.382 e. The first-order chi connectivity index (χ1) is 12.0. The summed E-state index contributed by atoms with van der Waals surface area (Å²) in [7, 11) is 3.71. The number of allylic oxidation sites excluding steroid dienone is 4. The van der Waals surface area contributed by atoms with Crippen molar-refractivity contribution in [3.8, 4) is 0 Å². The monoisotopic (exact) mass is 342 g/mol. The smallest absolute Gasteiger partial charge is 0.156 e. The third-order valence-corrected chi connectivity index (χ3v) is 8.90. The molecule has 3 heteroatoms. The van der Waals surface area contributed by atoms with Gasteiger partial charge in [-0.25, -0.2) is 0 Å². The molecule has 1 spiro atoms. The molecule has 3 nitrogen and oxygen atoms in total. The Morgan fingerprint density at radius 1 is 1.16 bits per heavy atom. The summed E-state index contributed by atoms with van der Waals surface area (Å²) in [4.78, 5) is 11.8. The van der Waals surface area contributed by atoms with Crippen LogP contribution in [0.2, 0.25) is 0 Å². The first-order valence-electron chi connectivity index (χ1n) is 10.0. The lowest BCUT2D eigenvalue weighted by molar-refractivity contribution is -0.165. The predicted molar refractivity (Wildman–Crippen MR) is 96.2 cm³/mol. The molecule has 0 saturated heterocycles. The van der Waals surface area contributed by atoms with Crippen LogP contribution in [-0.4, -0.2) is 32.2 Å². The average Bonchev–Trinajstić information content (AvgIpc) is 3.27. The number of rotatable bonds is 3. The zero-order chi connectivity index (χ0) is 17.4. The van der Waals surface area contributed by atoms with E-state index in [0.29, 0.717) is 23.5 Å². The van der Waals surface area contributed by atoms with Crippen molar-refractivity contribution in [1.82, 2.24) is 0 Å². The van der Waals surface area contributed by atoms with Gasteiger partial charge in [0.2, 0.25) is 0 Å². The standard InChI is InChI=1S/C22H30O3/c1-20-9-8-18-17-6-5-16(23)10-14(17)4-7-19(18)22(20)12-15(22)11-21(20,25-3)13-24-2/h10,15,19H,4-9,11-13H2,1-3H3/t15-,19-,20-,21-,22+/m1/s1. The number of ether oxygens (including phenoxy) is 2. The van der Waals surface area contributed by atoms with Crippen LogP contribution in [0.15, 0.2) is 22.8 Å². The molecule has 136 valence electrons. The fourth-order valence-corrected chi connectivity index (χ4v) is 7.73. The number of hydrogen-bond donors (Lipinski definition) is 0. The van der Waals surface area contributed by atoms with Gasteiger partial charge in [-0.15, -0.1) is 0 Å². The highest BCUT2D eigenvalue weighted by atomic mass is 16.5. The highest BCUT2D eigenvalue weighted by Crippen LogP contribution is 2.84. The quantitative estimate of drug-likeness (QED) is 0.770. The summed E-state index contributed by atoms with van der Waals surface area (Å²) in [5, 5.41) is 0. The van der Waals surface area contributed by atoms with E-state index in [2.05, 4.69) is 6.92 Å². The van der Waals surface area contributed by atoms with Gasteiger partial charge < -0.3 is 9.47 Å². The number of hydrogen-bond acceptors (Lipinski definition) is 3. The Kier molecular flexibility index (Phi) is 3.30. The maximum absolute atomic E-state index is 11.8. The topological polar surface area (TPSA) is 35.5 Å². The fourth-order valence-electron chi connectivity index (χ4n) is 7.73. The summed E-state index contributed by atoms with van der Waals surface area (Å²) in [6.07, 6.45) is 10.9. The summed E-state index contributed by atoms with van der Waals surface area (Å²) in [5.41, 5.74) is 5.19. The zero-order valence-corrected chi connectivity index (χ0v) is 15.8. The molecule has 5 atom stereocenters. The normalized spacial score (nSPS) is 47.6. The van der Waals surface area contributed by atoms with Crippen molar-refractivity contribution in [2.75, 3.05) is 20.8 Å². The average molecular weight is 342 g/mol. The van der Waals surface area contributed by atoms with E-state index >= 15 is 0 Å². The third kappa shape index (κ3) is 1.77.